The summed E-state index contributed by atoms with van der Waals surface area (Å²) in [5.41, 5.74) is 0.453. The molecule has 0 radical (unpaired) electrons. The molecular weight excluding hydrogens is 262 g/mol. The number of hydrogen-bond acceptors (Lipinski definition) is 5. The Morgan fingerprint density at radius 2 is 2.12 bits per heavy atom. The summed E-state index contributed by atoms with van der Waals surface area (Å²) in [6, 6.07) is 4.20. The molecular formula is C8H10KO6P. The van der Waals surface area contributed by atoms with E-state index in [2.05, 4.69) is 4.52 Å². The molecule has 1 atom stereocenters. The average Bonchev–Trinajstić information content (AvgIpc) is 2.15. The predicted octanol–water partition coefficient (Wildman–Crippen LogP) is -2.62. The minimum Gasteiger partial charge on any atom is -0.756 e. The summed E-state index contributed by atoms with van der Waals surface area (Å²) in [7, 11) is -3.35. The van der Waals surface area contributed by atoms with Gasteiger partial charge in [-0.05, 0) is 17.7 Å². The fourth-order valence-electron chi connectivity index (χ4n) is 0.968. The van der Waals surface area contributed by atoms with E-state index in [4.69, 9.17) is 9.63 Å². The van der Waals surface area contributed by atoms with Gasteiger partial charge in [-0.15, -0.1) is 0 Å². The molecule has 0 bridgehead atoms. The average molecular weight is 272 g/mol. The maximum absolute atomic E-state index is 10.3. The molecule has 1 aromatic rings. The van der Waals surface area contributed by atoms with E-state index in [1.807, 2.05) is 0 Å². The van der Waals surface area contributed by atoms with Crippen LogP contribution in [0.3, 0.4) is 0 Å². The van der Waals surface area contributed by atoms with E-state index < -0.39 is 7.82 Å². The number of phosphoric acid groups is 1. The van der Waals surface area contributed by atoms with Gasteiger partial charge in [0.15, 0.2) is 11.5 Å². The van der Waals surface area contributed by atoms with Crippen LogP contribution in [0, 0.1) is 0 Å². The van der Waals surface area contributed by atoms with Crippen molar-refractivity contribution in [1.29, 1.82) is 0 Å². The summed E-state index contributed by atoms with van der Waals surface area (Å²) in [4.78, 5) is 18.7. The van der Waals surface area contributed by atoms with Gasteiger partial charge in [0.1, 0.15) is 0 Å². The molecule has 16 heavy (non-hydrogen) atoms. The predicted molar refractivity (Wildman–Crippen MR) is 49.3 cm³/mol. The van der Waals surface area contributed by atoms with Crippen LogP contribution < -0.4 is 61.0 Å². The molecule has 0 spiro atoms. The number of rotatable bonds is 4. The van der Waals surface area contributed by atoms with Crippen LogP contribution in [-0.4, -0.2) is 17.1 Å². The number of aromatic hydroxyl groups is 1. The van der Waals surface area contributed by atoms with Gasteiger partial charge in [-0.25, -0.2) is 0 Å². The molecule has 0 aliphatic heterocycles. The van der Waals surface area contributed by atoms with Gasteiger partial charge in [-0.2, -0.15) is 0 Å². The monoisotopic (exact) mass is 272 g/mol. The van der Waals surface area contributed by atoms with E-state index in [1.165, 1.54) is 25.3 Å². The van der Waals surface area contributed by atoms with Crippen molar-refractivity contribution in [3.63, 3.8) is 0 Å². The zero-order valence-electron chi connectivity index (χ0n) is 8.91. The van der Waals surface area contributed by atoms with Crippen LogP contribution in [0.25, 0.3) is 0 Å². The topological polar surface area (TPSA) is 99.1 Å². The number of phosphoric ester groups is 1. The molecule has 84 valence electrons. The summed E-state index contributed by atoms with van der Waals surface area (Å²) in [6.45, 7) is -0.312. The minimum atomic E-state index is -4.72. The van der Waals surface area contributed by atoms with E-state index in [-0.39, 0.29) is 69.5 Å². The van der Waals surface area contributed by atoms with Crippen molar-refractivity contribution in [1.82, 2.24) is 0 Å². The Morgan fingerprint density at radius 3 is 2.62 bits per heavy atom. The van der Waals surface area contributed by atoms with Crippen LogP contribution in [0.5, 0.6) is 11.5 Å². The molecule has 0 aliphatic carbocycles. The standard InChI is InChI=1S/C8H11O6P.K/c1-13-8-4-6(2-3-7(8)9)5-14-15(10,11)12;/h2-4,9H,5H2,1H3,(H2,10,11,12);/q;+1/p-1. The first kappa shape index (κ1) is 16.6. The molecule has 1 unspecified atom stereocenters. The van der Waals surface area contributed by atoms with E-state index in [0.717, 1.165) is 0 Å². The molecule has 8 heteroatoms. The molecule has 0 aliphatic rings. The number of ether oxygens (including phenoxy) is 1. The summed E-state index contributed by atoms with van der Waals surface area (Å²) in [5.74, 6) is 0.144. The van der Waals surface area contributed by atoms with Crippen molar-refractivity contribution in [3.05, 3.63) is 23.8 Å². The molecule has 0 aromatic heterocycles. The smallest absolute Gasteiger partial charge is 0.756 e. The van der Waals surface area contributed by atoms with Crippen LogP contribution >= 0.6 is 7.82 Å². The van der Waals surface area contributed by atoms with Gasteiger partial charge >= 0.3 is 51.4 Å². The third-order valence-electron chi connectivity index (χ3n) is 1.64. The number of hydrogen-bond donors (Lipinski definition) is 2. The van der Waals surface area contributed by atoms with E-state index in [9.17, 15) is 14.6 Å². The quantitative estimate of drug-likeness (QED) is 0.460. The molecule has 1 aromatic carbocycles. The minimum absolute atomic E-state index is 0. The summed E-state index contributed by atoms with van der Waals surface area (Å²) < 4.78 is 19.3. The molecule has 0 amide bonds. The zero-order valence-corrected chi connectivity index (χ0v) is 12.9. The Hall–Kier alpha value is 0.566. The second kappa shape index (κ2) is 7.10. The van der Waals surface area contributed by atoms with Crippen LogP contribution in [0.2, 0.25) is 0 Å². The van der Waals surface area contributed by atoms with Crippen molar-refractivity contribution < 1.29 is 80.1 Å². The third-order valence-corrected chi connectivity index (χ3v) is 2.09. The number of phenols is 1. The Balaban J connectivity index is 0.00000225. The Morgan fingerprint density at radius 1 is 1.50 bits per heavy atom. The summed E-state index contributed by atoms with van der Waals surface area (Å²) >= 11 is 0. The fraction of sp³-hybridized carbons (Fsp3) is 0.250. The van der Waals surface area contributed by atoms with Crippen LogP contribution in [0.1, 0.15) is 5.56 Å². The maximum atomic E-state index is 10.3. The van der Waals surface area contributed by atoms with Crippen LogP contribution in [0.15, 0.2) is 18.2 Å². The zero-order chi connectivity index (χ0) is 11.5. The van der Waals surface area contributed by atoms with E-state index >= 15 is 0 Å². The number of benzene rings is 1. The first-order valence-corrected chi connectivity index (χ1v) is 5.46. The fourth-order valence-corrected chi connectivity index (χ4v) is 1.28. The Bertz CT molecular complexity index is 390. The van der Waals surface area contributed by atoms with Gasteiger partial charge in [0.05, 0.1) is 13.7 Å². The normalized spacial score (nSPS) is 13.7. The second-order valence-corrected chi connectivity index (χ2v) is 3.94. The largest absolute Gasteiger partial charge is 1.00 e. The molecule has 1 rings (SSSR count). The maximum Gasteiger partial charge on any atom is 1.00 e. The van der Waals surface area contributed by atoms with Crippen molar-refractivity contribution in [2.75, 3.05) is 7.11 Å². The van der Waals surface area contributed by atoms with Crippen molar-refractivity contribution in [2.45, 2.75) is 6.61 Å². The number of phenolic OH excluding ortho intramolecular Hbond substituents is 1. The van der Waals surface area contributed by atoms with Gasteiger partial charge in [0, 0.05) is 0 Å². The first-order chi connectivity index (χ1) is 6.92. The Labute approximate surface area is 135 Å². The van der Waals surface area contributed by atoms with Gasteiger partial charge in [0.25, 0.3) is 7.82 Å². The molecule has 0 saturated heterocycles. The molecule has 2 N–H and O–H groups in total. The van der Waals surface area contributed by atoms with Crippen LogP contribution in [-0.2, 0) is 15.7 Å². The third kappa shape index (κ3) is 5.76. The SMILES string of the molecule is COc1cc(COP(=O)([O-])O)ccc1O.[K+]. The molecule has 0 heterocycles. The van der Waals surface area contributed by atoms with E-state index in [1.54, 1.807) is 0 Å². The van der Waals surface area contributed by atoms with E-state index in [0.29, 0.717) is 5.56 Å². The van der Waals surface area contributed by atoms with Gasteiger partial charge < -0.3 is 24.2 Å². The van der Waals surface area contributed by atoms with Gasteiger partial charge in [-0.3, -0.25) is 4.57 Å². The summed E-state index contributed by atoms with van der Waals surface area (Å²) in [6.07, 6.45) is 0. The molecule has 0 fully saturated rings. The summed E-state index contributed by atoms with van der Waals surface area (Å²) in [5, 5.41) is 9.23. The molecule has 0 saturated carbocycles. The Kier molecular flexibility index (Phi) is 7.35. The van der Waals surface area contributed by atoms with Crippen LogP contribution in [0.4, 0.5) is 0 Å². The number of methoxy groups -OCH3 is 1. The van der Waals surface area contributed by atoms with Gasteiger partial charge in [0.2, 0.25) is 0 Å². The van der Waals surface area contributed by atoms with Crippen molar-refractivity contribution >= 4 is 7.82 Å². The van der Waals surface area contributed by atoms with Gasteiger partial charge in [-0.1, -0.05) is 6.07 Å². The second-order valence-electron chi connectivity index (χ2n) is 2.75. The van der Waals surface area contributed by atoms with Crippen molar-refractivity contribution in [2.24, 2.45) is 0 Å². The van der Waals surface area contributed by atoms with Crippen molar-refractivity contribution in [3.8, 4) is 11.5 Å². The first-order valence-electron chi connectivity index (χ1n) is 3.96. The molecule has 6 nitrogen and oxygen atoms in total.